The normalized spacial score (nSPS) is 18.6. The summed E-state index contributed by atoms with van der Waals surface area (Å²) in [5.74, 6) is -2.29. The lowest BCUT2D eigenvalue weighted by atomic mass is 9.78. The number of primary amides is 1. The van der Waals surface area contributed by atoms with E-state index in [2.05, 4.69) is 16.0 Å². The van der Waals surface area contributed by atoms with Gasteiger partial charge in [0.15, 0.2) is 0 Å². The van der Waals surface area contributed by atoms with E-state index >= 15 is 0 Å². The summed E-state index contributed by atoms with van der Waals surface area (Å²) in [4.78, 5) is 64.2. The molecule has 1 aromatic carbocycles. The number of hydrogen-bond donors (Lipinski definition) is 5. The Hall–Kier alpha value is -3.67. The summed E-state index contributed by atoms with van der Waals surface area (Å²) in [5.41, 5.74) is 2.67. The number of aliphatic hydroxyl groups is 1. The van der Waals surface area contributed by atoms with Crippen molar-refractivity contribution < 1.29 is 33.8 Å². The molecule has 0 saturated carbocycles. The Morgan fingerprint density at radius 1 is 1.03 bits per heavy atom. The summed E-state index contributed by atoms with van der Waals surface area (Å²) in [6.07, 6.45) is -0.575. The van der Waals surface area contributed by atoms with Crippen LogP contribution in [-0.4, -0.2) is 82.1 Å². The predicted octanol–water partition coefficient (Wildman–Crippen LogP) is 0.217. The fourth-order valence-electron chi connectivity index (χ4n) is 3.70. The van der Waals surface area contributed by atoms with Crippen LogP contribution in [-0.2, 0) is 30.3 Å². The van der Waals surface area contributed by atoms with Crippen molar-refractivity contribution in [1.82, 2.24) is 20.9 Å². The van der Waals surface area contributed by atoms with Gasteiger partial charge >= 0.3 is 6.09 Å². The molecule has 212 valence electrons. The fraction of sp³-hybridized carbons (Fsp3) is 0.577. The molecule has 6 N–H and O–H groups in total. The second-order valence-electron chi connectivity index (χ2n) is 10.6. The molecule has 2 rings (SSSR count). The van der Waals surface area contributed by atoms with Gasteiger partial charge < -0.3 is 36.4 Å². The van der Waals surface area contributed by atoms with Gasteiger partial charge in [-0.1, -0.05) is 30.3 Å². The molecular formula is C26H41N5O7. The molecule has 1 fully saturated rings. The van der Waals surface area contributed by atoms with E-state index in [1.807, 2.05) is 30.3 Å². The molecule has 5 amide bonds. The van der Waals surface area contributed by atoms with E-state index in [-0.39, 0.29) is 13.0 Å². The molecule has 38 heavy (non-hydrogen) atoms. The zero-order chi connectivity index (χ0) is 29.5. The first-order valence-electron chi connectivity index (χ1n) is 12.2. The van der Waals surface area contributed by atoms with Gasteiger partial charge in [0.2, 0.25) is 17.7 Å². The number of carbonyl (C=O) groups excluding carboxylic acids is 5. The molecule has 0 unspecified atom stereocenters. The Bertz CT molecular complexity index is 1020. The van der Waals surface area contributed by atoms with Crippen LogP contribution in [0.1, 0.15) is 54.0 Å². The average Bonchev–Trinajstić information content (AvgIpc) is 2.82. The quantitative estimate of drug-likeness (QED) is 0.280. The number of aliphatic hydroxyl groups excluding tert-OH is 1. The van der Waals surface area contributed by atoms with Crippen LogP contribution in [0.15, 0.2) is 30.3 Å². The summed E-state index contributed by atoms with van der Waals surface area (Å²) in [6.45, 7) is 11.2. The van der Waals surface area contributed by atoms with E-state index in [0.29, 0.717) is 0 Å². The third-order valence-electron chi connectivity index (χ3n) is 5.93. The Labute approximate surface area is 223 Å². The van der Waals surface area contributed by atoms with Crippen molar-refractivity contribution >= 4 is 29.7 Å². The van der Waals surface area contributed by atoms with Gasteiger partial charge in [0, 0.05) is 13.5 Å². The Morgan fingerprint density at radius 3 is 2.05 bits per heavy atom. The SMILES string of the molecule is CO.C[C@@H](NC(=O)C(C)(C)N1C[C@@](Cc2ccccc2)(NC(=O)[C@@H](C)NC(=O)OC(C)(C)C)C1=O)C(N)=O. The van der Waals surface area contributed by atoms with E-state index in [1.54, 1.807) is 34.6 Å². The Balaban J connectivity index is 0.00000352. The lowest BCUT2D eigenvalue weighted by Gasteiger charge is -2.55. The highest BCUT2D eigenvalue weighted by atomic mass is 16.6. The molecule has 1 aliphatic rings. The van der Waals surface area contributed by atoms with Crippen LogP contribution < -0.4 is 21.7 Å². The van der Waals surface area contributed by atoms with E-state index < -0.39 is 58.5 Å². The van der Waals surface area contributed by atoms with Crippen molar-refractivity contribution in [1.29, 1.82) is 0 Å². The minimum atomic E-state index is -1.32. The summed E-state index contributed by atoms with van der Waals surface area (Å²) in [6, 6.07) is 7.24. The maximum absolute atomic E-state index is 13.6. The molecule has 0 aromatic heterocycles. The van der Waals surface area contributed by atoms with Gasteiger partial charge in [0.05, 0.1) is 6.54 Å². The second kappa shape index (κ2) is 12.7. The highest BCUT2D eigenvalue weighted by molar-refractivity contribution is 6.02. The first-order valence-corrected chi connectivity index (χ1v) is 12.2. The van der Waals surface area contributed by atoms with Crippen LogP contribution in [0.3, 0.4) is 0 Å². The molecule has 1 heterocycles. The van der Waals surface area contributed by atoms with Crippen LogP contribution in [0.2, 0.25) is 0 Å². The van der Waals surface area contributed by atoms with Crippen LogP contribution >= 0.6 is 0 Å². The molecule has 0 bridgehead atoms. The van der Waals surface area contributed by atoms with Crippen LogP contribution in [0.4, 0.5) is 4.79 Å². The molecule has 0 aliphatic carbocycles. The molecule has 0 spiro atoms. The summed E-state index contributed by atoms with van der Waals surface area (Å²) in [5, 5.41) is 14.8. The van der Waals surface area contributed by atoms with Crippen molar-refractivity contribution in [2.24, 2.45) is 5.73 Å². The highest BCUT2D eigenvalue weighted by Gasteiger charge is 2.59. The lowest BCUT2D eigenvalue weighted by Crippen LogP contribution is -2.81. The number of likely N-dealkylation sites (tertiary alicyclic amines) is 1. The zero-order valence-electron chi connectivity index (χ0n) is 23.4. The minimum absolute atomic E-state index is 0.0387. The zero-order valence-corrected chi connectivity index (χ0v) is 23.4. The number of alkyl carbamates (subject to hydrolysis) is 1. The smallest absolute Gasteiger partial charge is 0.408 e. The third-order valence-corrected chi connectivity index (χ3v) is 5.93. The molecular weight excluding hydrogens is 494 g/mol. The second-order valence-corrected chi connectivity index (χ2v) is 10.6. The number of hydrogen-bond acceptors (Lipinski definition) is 7. The first kappa shape index (κ1) is 32.4. The minimum Gasteiger partial charge on any atom is -0.444 e. The Kier molecular flexibility index (Phi) is 10.8. The lowest BCUT2D eigenvalue weighted by molar-refractivity contribution is -0.169. The number of nitrogens with zero attached hydrogens (tertiary/aromatic N) is 1. The van der Waals surface area contributed by atoms with Gasteiger partial charge in [0.1, 0.15) is 28.8 Å². The molecule has 1 aromatic rings. The third kappa shape index (κ3) is 8.17. The predicted molar refractivity (Wildman–Crippen MR) is 141 cm³/mol. The van der Waals surface area contributed by atoms with Crippen LogP contribution in [0.5, 0.6) is 0 Å². The Morgan fingerprint density at radius 2 is 1.58 bits per heavy atom. The standard InChI is InChI=1S/C25H37N5O6.CH4O/c1-15(18(26)31)27-20(33)24(6,7)30-14-25(21(30)34,13-17-11-9-8-10-12-17)29-19(32)16(2)28-22(35)36-23(3,4)5;1-2/h8-12,15-16H,13-14H2,1-7H3,(H2,26,31)(H,27,33)(H,28,35)(H,29,32);2H,1H3/t15-,16-,25-;/m1./s1. The van der Waals surface area contributed by atoms with Gasteiger partial charge in [-0.25, -0.2) is 4.79 Å². The van der Waals surface area contributed by atoms with Crippen molar-refractivity contribution in [3.63, 3.8) is 0 Å². The topological polar surface area (TPSA) is 180 Å². The van der Waals surface area contributed by atoms with Crippen molar-refractivity contribution in [2.45, 2.75) is 83.6 Å². The summed E-state index contributed by atoms with van der Waals surface area (Å²) < 4.78 is 5.20. The largest absolute Gasteiger partial charge is 0.444 e. The molecule has 1 saturated heterocycles. The average molecular weight is 536 g/mol. The van der Waals surface area contributed by atoms with E-state index in [0.717, 1.165) is 12.7 Å². The number of nitrogens with two attached hydrogens (primary N) is 1. The van der Waals surface area contributed by atoms with Crippen LogP contribution in [0, 0.1) is 0 Å². The number of benzene rings is 1. The molecule has 1 aliphatic heterocycles. The summed E-state index contributed by atoms with van der Waals surface area (Å²) in [7, 11) is 1.00. The van der Waals surface area contributed by atoms with Gasteiger partial charge in [-0.3, -0.25) is 19.2 Å². The van der Waals surface area contributed by atoms with E-state index in [1.165, 1.54) is 18.7 Å². The monoisotopic (exact) mass is 535 g/mol. The fourth-order valence-corrected chi connectivity index (χ4v) is 3.70. The number of nitrogens with one attached hydrogen (secondary N) is 3. The maximum Gasteiger partial charge on any atom is 0.408 e. The van der Waals surface area contributed by atoms with Crippen molar-refractivity contribution in [3.05, 3.63) is 35.9 Å². The number of β-lactam (4-membered cyclic amide) rings is 1. The molecule has 12 nitrogen and oxygen atoms in total. The van der Waals surface area contributed by atoms with Crippen molar-refractivity contribution in [3.8, 4) is 0 Å². The van der Waals surface area contributed by atoms with Gasteiger partial charge in [0.25, 0.3) is 5.91 Å². The number of ether oxygens (including phenoxy) is 1. The van der Waals surface area contributed by atoms with Crippen LogP contribution in [0.25, 0.3) is 0 Å². The molecule has 0 radical (unpaired) electrons. The van der Waals surface area contributed by atoms with Gasteiger partial charge in [-0.05, 0) is 54.0 Å². The number of rotatable bonds is 9. The van der Waals surface area contributed by atoms with Gasteiger partial charge in [-0.15, -0.1) is 0 Å². The van der Waals surface area contributed by atoms with Crippen molar-refractivity contribution in [2.75, 3.05) is 13.7 Å². The summed E-state index contributed by atoms with van der Waals surface area (Å²) >= 11 is 0. The number of carbonyl (C=O) groups is 5. The first-order chi connectivity index (χ1) is 17.5. The van der Waals surface area contributed by atoms with E-state index in [4.69, 9.17) is 15.6 Å². The number of amides is 5. The van der Waals surface area contributed by atoms with E-state index in [9.17, 15) is 24.0 Å². The highest BCUT2D eigenvalue weighted by Crippen LogP contribution is 2.34. The maximum atomic E-state index is 13.6. The molecule has 12 heteroatoms. The molecule has 3 atom stereocenters. The van der Waals surface area contributed by atoms with Gasteiger partial charge in [-0.2, -0.15) is 0 Å².